The summed E-state index contributed by atoms with van der Waals surface area (Å²) in [5, 5.41) is 0. The molecule has 2 N–H and O–H groups in total. The Labute approximate surface area is 118 Å². The van der Waals surface area contributed by atoms with Crippen molar-refractivity contribution in [2.75, 3.05) is 0 Å². The molecule has 1 aromatic heterocycles. The van der Waals surface area contributed by atoms with Crippen LogP contribution in [0.5, 0.6) is 5.75 Å². The Morgan fingerprint density at radius 3 is 2.83 bits per heavy atom. The highest BCUT2D eigenvalue weighted by atomic mass is 79.9. The molecule has 96 valence electrons. The predicted octanol–water partition coefficient (Wildman–Crippen LogP) is 4.00. The molecular weight excluding hydrogens is 317 g/mol. The molecule has 0 saturated carbocycles. The van der Waals surface area contributed by atoms with Gasteiger partial charge in [-0.05, 0) is 41.1 Å². The SMILES string of the molecule is Cc1sc(CN)cc1COc1cc(F)ccc1Br. The fourth-order valence-electron chi connectivity index (χ4n) is 1.57. The van der Waals surface area contributed by atoms with Crippen molar-refractivity contribution < 1.29 is 9.13 Å². The van der Waals surface area contributed by atoms with E-state index in [-0.39, 0.29) is 5.82 Å². The van der Waals surface area contributed by atoms with Crippen molar-refractivity contribution in [3.63, 3.8) is 0 Å². The van der Waals surface area contributed by atoms with Crippen molar-refractivity contribution in [2.45, 2.75) is 20.1 Å². The molecule has 0 spiro atoms. The van der Waals surface area contributed by atoms with Crippen molar-refractivity contribution in [3.05, 3.63) is 49.9 Å². The lowest BCUT2D eigenvalue weighted by Gasteiger charge is -2.07. The van der Waals surface area contributed by atoms with Gasteiger partial charge in [-0.15, -0.1) is 11.3 Å². The summed E-state index contributed by atoms with van der Waals surface area (Å²) in [6, 6.07) is 6.43. The summed E-state index contributed by atoms with van der Waals surface area (Å²) in [7, 11) is 0. The summed E-state index contributed by atoms with van der Waals surface area (Å²) in [4.78, 5) is 2.31. The number of benzene rings is 1. The minimum absolute atomic E-state index is 0.308. The van der Waals surface area contributed by atoms with E-state index < -0.39 is 0 Å². The zero-order chi connectivity index (χ0) is 13.1. The lowest BCUT2D eigenvalue weighted by Crippen LogP contribution is -1.97. The zero-order valence-corrected chi connectivity index (χ0v) is 12.3. The number of halogens is 2. The summed E-state index contributed by atoms with van der Waals surface area (Å²) in [5.41, 5.74) is 6.69. The van der Waals surface area contributed by atoms with Gasteiger partial charge < -0.3 is 10.5 Å². The van der Waals surface area contributed by atoms with Crippen LogP contribution in [-0.2, 0) is 13.2 Å². The van der Waals surface area contributed by atoms with Crippen LogP contribution >= 0.6 is 27.3 Å². The van der Waals surface area contributed by atoms with E-state index >= 15 is 0 Å². The number of nitrogens with two attached hydrogens (primary N) is 1. The molecule has 0 amide bonds. The van der Waals surface area contributed by atoms with E-state index in [9.17, 15) is 4.39 Å². The second-order valence-electron chi connectivity index (χ2n) is 3.86. The van der Waals surface area contributed by atoms with E-state index in [4.69, 9.17) is 10.5 Å². The van der Waals surface area contributed by atoms with Crippen molar-refractivity contribution in [3.8, 4) is 5.75 Å². The van der Waals surface area contributed by atoms with Crippen molar-refractivity contribution >= 4 is 27.3 Å². The van der Waals surface area contributed by atoms with Crippen LogP contribution in [0.1, 0.15) is 15.3 Å². The molecule has 0 aliphatic carbocycles. The fourth-order valence-corrected chi connectivity index (χ4v) is 2.86. The number of rotatable bonds is 4. The molecular formula is C13H13BrFNOS. The average molecular weight is 330 g/mol. The molecule has 0 aliphatic heterocycles. The van der Waals surface area contributed by atoms with Gasteiger partial charge in [0.2, 0.25) is 0 Å². The highest BCUT2D eigenvalue weighted by molar-refractivity contribution is 9.10. The van der Waals surface area contributed by atoms with Crippen LogP contribution in [-0.4, -0.2) is 0 Å². The monoisotopic (exact) mass is 329 g/mol. The van der Waals surface area contributed by atoms with Gasteiger partial charge in [0.1, 0.15) is 18.2 Å². The number of thiophene rings is 1. The molecule has 0 bridgehead atoms. The minimum atomic E-state index is -0.308. The van der Waals surface area contributed by atoms with Crippen LogP contribution < -0.4 is 10.5 Å². The Kier molecular flexibility index (Phi) is 4.37. The highest BCUT2D eigenvalue weighted by Gasteiger charge is 2.07. The topological polar surface area (TPSA) is 35.2 Å². The molecule has 2 nitrogen and oxygen atoms in total. The van der Waals surface area contributed by atoms with Crippen LogP contribution in [0.2, 0.25) is 0 Å². The largest absolute Gasteiger partial charge is 0.488 e. The van der Waals surface area contributed by atoms with Gasteiger partial charge in [0.15, 0.2) is 0 Å². The van der Waals surface area contributed by atoms with E-state index in [2.05, 4.69) is 15.9 Å². The van der Waals surface area contributed by atoms with Gasteiger partial charge in [0.05, 0.1) is 4.47 Å². The standard InChI is InChI=1S/C13H13BrFNOS/c1-8-9(4-11(6-16)18-8)7-17-13-5-10(15)2-3-12(13)14/h2-5H,6-7,16H2,1H3. The van der Waals surface area contributed by atoms with Crippen LogP contribution in [0.3, 0.4) is 0 Å². The molecule has 5 heteroatoms. The van der Waals surface area contributed by atoms with Gasteiger partial charge in [-0.2, -0.15) is 0 Å². The van der Waals surface area contributed by atoms with Crippen molar-refractivity contribution in [1.82, 2.24) is 0 Å². The summed E-state index contributed by atoms with van der Waals surface area (Å²) in [5.74, 6) is 0.202. The van der Waals surface area contributed by atoms with Crippen LogP contribution in [0.4, 0.5) is 4.39 Å². The first-order chi connectivity index (χ1) is 8.60. The van der Waals surface area contributed by atoms with Gasteiger partial charge in [-0.25, -0.2) is 4.39 Å². The first kappa shape index (κ1) is 13.5. The number of ether oxygens (including phenoxy) is 1. The first-order valence-electron chi connectivity index (χ1n) is 5.46. The summed E-state index contributed by atoms with van der Waals surface area (Å²) < 4.78 is 19.5. The Hall–Kier alpha value is -0.910. The molecule has 2 aromatic rings. The maximum atomic E-state index is 13.1. The van der Waals surface area contributed by atoms with Gasteiger partial charge in [-0.3, -0.25) is 0 Å². The average Bonchev–Trinajstić information content (AvgIpc) is 2.71. The second kappa shape index (κ2) is 5.82. The Morgan fingerprint density at radius 1 is 1.39 bits per heavy atom. The van der Waals surface area contributed by atoms with Crippen molar-refractivity contribution in [1.29, 1.82) is 0 Å². The molecule has 0 radical (unpaired) electrons. The van der Waals surface area contributed by atoms with Gasteiger partial charge >= 0.3 is 0 Å². The van der Waals surface area contributed by atoms with E-state index in [0.29, 0.717) is 18.9 Å². The molecule has 0 aliphatic rings. The maximum absolute atomic E-state index is 13.1. The summed E-state index contributed by atoms with van der Waals surface area (Å²) in [6.45, 7) is 2.99. The predicted molar refractivity (Wildman–Crippen MR) is 75.4 cm³/mol. The van der Waals surface area contributed by atoms with Crippen molar-refractivity contribution in [2.24, 2.45) is 5.73 Å². The lowest BCUT2D eigenvalue weighted by molar-refractivity contribution is 0.302. The van der Waals surface area contributed by atoms with Gasteiger partial charge in [0.25, 0.3) is 0 Å². The summed E-state index contributed by atoms with van der Waals surface area (Å²) in [6.07, 6.45) is 0. The van der Waals surface area contributed by atoms with Crippen LogP contribution in [0.25, 0.3) is 0 Å². The Balaban J connectivity index is 2.11. The molecule has 0 saturated heterocycles. The molecule has 1 heterocycles. The molecule has 0 unspecified atom stereocenters. The second-order valence-corrected chi connectivity index (χ2v) is 6.06. The van der Waals surface area contributed by atoms with Crippen LogP contribution in [0, 0.1) is 12.7 Å². The number of aryl methyl sites for hydroxylation is 1. The Bertz CT molecular complexity index is 556. The van der Waals surface area contributed by atoms with Gasteiger partial charge in [0, 0.05) is 27.9 Å². The van der Waals surface area contributed by atoms with Crippen LogP contribution in [0.15, 0.2) is 28.7 Å². The zero-order valence-electron chi connectivity index (χ0n) is 9.87. The van der Waals surface area contributed by atoms with E-state index in [1.165, 1.54) is 17.0 Å². The van der Waals surface area contributed by atoms with E-state index in [0.717, 1.165) is 14.9 Å². The quantitative estimate of drug-likeness (QED) is 0.920. The molecule has 1 aromatic carbocycles. The lowest BCUT2D eigenvalue weighted by atomic mass is 10.2. The molecule has 2 rings (SSSR count). The number of hydrogen-bond donors (Lipinski definition) is 1. The smallest absolute Gasteiger partial charge is 0.136 e. The third-order valence-electron chi connectivity index (χ3n) is 2.55. The molecule has 0 fully saturated rings. The number of hydrogen-bond acceptors (Lipinski definition) is 3. The molecule has 18 heavy (non-hydrogen) atoms. The first-order valence-corrected chi connectivity index (χ1v) is 7.07. The third-order valence-corrected chi connectivity index (χ3v) is 4.32. The molecule has 0 atom stereocenters. The fraction of sp³-hybridized carbons (Fsp3) is 0.231. The van der Waals surface area contributed by atoms with Gasteiger partial charge in [-0.1, -0.05) is 0 Å². The Morgan fingerprint density at radius 2 is 2.17 bits per heavy atom. The van der Waals surface area contributed by atoms with E-state index in [1.807, 2.05) is 13.0 Å². The highest BCUT2D eigenvalue weighted by Crippen LogP contribution is 2.28. The minimum Gasteiger partial charge on any atom is -0.488 e. The van der Waals surface area contributed by atoms with E-state index in [1.54, 1.807) is 17.4 Å². The third kappa shape index (κ3) is 3.10. The normalized spacial score (nSPS) is 10.7. The maximum Gasteiger partial charge on any atom is 0.136 e. The summed E-state index contributed by atoms with van der Waals surface area (Å²) >= 11 is 5.00.